The number of nitrogens with zero attached hydrogens (tertiary/aromatic N) is 1. The van der Waals surface area contributed by atoms with E-state index in [0.29, 0.717) is 12.0 Å². The van der Waals surface area contributed by atoms with Crippen molar-refractivity contribution < 1.29 is 0 Å². The maximum Gasteiger partial charge on any atom is 0.0706 e. The fourth-order valence-corrected chi connectivity index (χ4v) is 2.77. The Bertz CT molecular complexity index is 536. The molecule has 1 aromatic carbocycles. The fraction of sp³-hybridized carbons (Fsp3) is 0.500. The first-order chi connectivity index (χ1) is 9.76. The van der Waals surface area contributed by atoms with Gasteiger partial charge < -0.3 is 5.32 Å². The standard InChI is InChI=1S/C18H26N2/c1-4-8-14(3)18(19-13-5-2)17-12-11-15-9-6-7-10-16(15)20-17/h6-7,9-12,14,18-19H,4-5,8,13H2,1-3H3. The third-order valence-corrected chi connectivity index (χ3v) is 3.87. The second kappa shape index (κ2) is 7.39. The fourth-order valence-electron chi connectivity index (χ4n) is 2.77. The Kier molecular flexibility index (Phi) is 5.54. The maximum atomic E-state index is 4.87. The smallest absolute Gasteiger partial charge is 0.0706 e. The van der Waals surface area contributed by atoms with Crippen molar-refractivity contribution in [2.45, 2.75) is 46.1 Å². The zero-order valence-electron chi connectivity index (χ0n) is 12.9. The second-order valence-electron chi connectivity index (χ2n) is 5.63. The molecule has 2 unspecified atom stereocenters. The van der Waals surface area contributed by atoms with Gasteiger partial charge in [0.1, 0.15) is 0 Å². The lowest BCUT2D eigenvalue weighted by Crippen LogP contribution is -2.28. The van der Waals surface area contributed by atoms with E-state index < -0.39 is 0 Å². The molecule has 2 rings (SSSR count). The molecule has 1 N–H and O–H groups in total. The van der Waals surface area contributed by atoms with Crippen molar-refractivity contribution in [1.82, 2.24) is 10.3 Å². The molecule has 0 bridgehead atoms. The molecule has 0 amide bonds. The number of pyridine rings is 1. The average molecular weight is 270 g/mol. The zero-order chi connectivity index (χ0) is 14.4. The molecular formula is C18H26N2. The minimum atomic E-state index is 0.361. The van der Waals surface area contributed by atoms with Crippen LogP contribution in [0.25, 0.3) is 10.9 Å². The monoisotopic (exact) mass is 270 g/mol. The van der Waals surface area contributed by atoms with Crippen LogP contribution in [0.1, 0.15) is 51.8 Å². The number of aromatic nitrogens is 1. The highest BCUT2D eigenvalue weighted by molar-refractivity contribution is 5.78. The molecule has 108 valence electrons. The summed E-state index contributed by atoms with van der Waals surface area (Å²) in [5, 5.41) is 4.89. The van der Waals surface area contributed by atoms with Crippen LogP contribution in [0.4, 0.5) is 0 Å². The molecule has 2 atom stereocenters. The van der Waals surface area contributed by atoms with Crippen LogP contribution in [0.5, 0.6) is 0 Å². The lowest BCUT2D eigenvalue weighted by molar-refractivity contribution is 0.357. The van der Waals surface area contributed by atoms with Crippen LogP contribution in [-0.2, 0) is 0 Å². The first-order valence-electron chi connectivity index (χ1n) is 7.85. The molecule has 2 nitrogen and oxygen atoms in total. The number of nitrogens with one attached hydrogen (secondary N) is 1. The van der Waals surface area contributed by atoms with Crippen LogP contribution in [0, 0.1) is 5.92 Å². The van der Waals surface area contributed by atoms with Gasteiger partial charge in [0.15, 0.2) is 0 Å². The normalized spacial score (nSPS) is 14.3. The maximum absolute atomic E-state index is 4.87. The number of rotatable bonds is 7. The number of hydrogen-bond donors (Lipinski definition) is 1. The average Bonchev–Trinajstić information content (AvgIpc) is 2.48. The molecule has 20 heavy (non-hydrogen) atoms. The number of para-hydroxylation sites is 1. The van der Waals surface area contributed by atoms with E-state index in [2.05, 4.69) is 62.5 Å². The van der Waals surface area contributed by atoms with E-state index in [4.69, 9.17) is 4.98 Å². The first kappa shape index (κ1) is 15.0. The first-order valence-corrected chi connectivity index (χ1v) is 7.85. The molecule has 0 aliphatic carbocycles. The van der Waals surface area contributed by atoms with Gasteiger partial charge in [-0.3, -0.25) is 4.98 Å². The quantitative estimate of drug-likeness (QED) is 0.788. The van der Waals surface area contributed by atoms with Crippen LogP contribution >= 0.6 is 0 Å². The Labute approximate surface area is 122 Å². The third-order valence-electron chi connectivity index (χ3n) is 3.87. The largest absolute Gasteiger partial charge is 0.308 e. The van der Waals surface area contributed by atoms with E-state index in [1.807, 2.05) is 0 Å². The van der Waals surface area contributed by atoms with E-state index >= 15 is 0 Å². The van der Waals surface area contributed by atoms with E-state index in [1.54, 1.807) is 0 Å². The number of hydrogen-bond acceptors (Lipinski definition) is 2. The Morgan fingerprint density at radius 3 is 2.60 bits per heavy atom. The minimum absolute atomic E-state index is 0.361. The van der Waals surface area contributed by atoms with Crippen molar-refractivity contribution in [1.29, 1.82) is 0 Å². The molecule has 1 aromatic heterocycles. The van der Waals surface area contributed by atoms with Gasteiger partial charge in [-0.05, 0) is 37.4 Å². The topological polar surface area (TPSA) is 24.9 Å². The van der Waals surface area contributed by atoms with Crippen molar-refractivity contribution in [3.63, 3.8) is 0 Å². The van der Waals surface area contributed by atoms with Gasteiger partial charge >= 0.3 is 0 Å². The summed E-state index contributed by atoms with van der Waals surface area (Å²) in [6, 6.07) is 13.1. The lowest BCUT2D eigenvalue weighted by atomic mass is 9.93. The van der Waals surface area contributed by atoms with Gasteiger partial charge in [-0.2, -0.15) is 0 Å². The second-order valence-corrected chi connectivity index (χ2v) is 5.63. The number of benzene rings is 1. The highest BCUT2D eigenvalue weighted by Crippen LogP contribution is 2.26. The van der Waals surface area contributed by atoms with Crippen molar-refractivity contribution >= 4 is 10.9 Å². The summed E-state index contributed by atoms with van der Waals surface area (Å²) in [6.07, 6.45) is 3.61. The minimum Gasteiger partial charge on any atom is -0.308 e. The van der Waals surface area contributed by atoms with Gasteiger partial charge in [0, 0.05) is 5.39 Å². The van der Waals surface area contributed by atoms with Gasteiger partial charge in [-0.25, -0.2) is 0 Å². The highest BCUT2D eigenvalue weighted by Gasteiger charge is 2.19. The van der Waals surface area contributed by atoms with Crippen LogP contribution in [-0.4, -0.2) is 11.5 Å². The number of fused-ring (bicyclic) bond motifs is 1. The van der Waals surface area contributed by atoms with Crippen LogP contribution in [0.15, 0.2) is 36.4 Å². The van der Waals surface area contributed by atoms with E-state index in [-0.39, 0.29) is 0 Å². The predicted octanol–water partition coefficient (Wildman–Crippen LogP) is 4.71. The molecule has 0 spiro atoms. The SMILES string of the molecule is CCCNC(c1ccc2ccccc2n1)C(C)CCC. The molecule has 2 heteroatoms. The van der Waals surface area contributed by atoms with Gasteiger partial charge in [-0.15, -0.1) is 0 Å². The molecule has 0 saturated carbocycles. The van der Waals surface area contributed by atoms with E-state index in [0.717, 1.165) is 18.5 Å². The molecular weight excluding hydrogens is 244 g/mol. The Morgan fingerprint density at radius 2 is 1.85 bits per heavy atom. The van der Waals surface area contributed by atoms with Crippen LogP contribution < -0.4 is 5.32 Å². The summed E-state index contributed by atoms with van der Waals surface area (Å²) in [5.41, 5.74) is 2.27. The molecule has 0 aliphatic heterocycles. The summed E-state index contributed by atoms with van der Waals surface area (Å²) in [7, 11) is 0. The van der Waals surface area contributed by atoms with Gasteiger partial charge in [-0.1, -0.05) is 51.5 Å². The van der Waals surface area contributed by atoms with Gasteiger partial charge in [0.2, 0.25) is 0 Å². The van der Waals surface area contributed by atoms with Crippen LogP contribution in [0.3, 0.4) is 0 Å². The van der Waals surface area contributed by atoms with Crippen molar-refractivity contribution in [3.8, 4) is 0 Å². The summed E-state index contributed by atoms with van der Waals surface area (Å²) in [6.45, 7) is 7.84. The summed E-state index contributed by atoms with van der Waals surface area (Å²) < 4.78 is 0. The Morgan fingerprint density at radius 1 is 1.05 bits per heavy atom. The van der Waals surface area contributed by atoms with Crippen molar-refractivity contribution in [2.24, 2.45) is 5.92 Å². The summed E-state index contributed by atoms with van der Waals surface area (Å²) in [4.78, 5) is 4.87. The van der Waals surface area contributed by atoms with Crippen molar-refractivity contribution in [3.05, 3.63) is 42.1 Å². The molecule has 0 fully saturated rings. The zero-order valence-corrected chi connectivity index (χ0v) is 12.9. The molecule has 1 heterocycles. The van der Waals surface area contributed by atoms with E-state index in [9.17, 15) is 0 Å². The molecule has 2 aromatic rings. The van der Waals surface area contributed by atoms with Crippen LogP contribution in [0.2, 0.25) is 0 Å². The third kappa shape index (κ3) is 3.57. The van der Waals surface area contributed by atoms with Gasteiger partial charge in [0.25, 0.3) is 0 Å². The van der Waals surface area contributed by atoms with E-state index in [1.165, 1.54) is 23.9 Å². The molecule has 0 saturated heterocycles. The van der Waals surface area contributed by atoms with Crippen molar-refractivity contribution in [2.75, 3.05) is 6.54 Å². The molecule has 0 radical (unpaired) electrons. The summed E-state index contributed by atoms with van der Waals surface area (Å²) >= 11 is 0. The van der Waals surface area contributed by atoms with Gasteiger partial charge in [0.05, 0.1) is 17.3 Å². The Balaban J connectivity index is 2.29. The lowest BCUT2D eigenvalue weighted by Gasteiger charge is -2.25. The predicted molar refractivity (Wildman–Crippen MR) is 86.8 cm³/mol. The molecule has 0 aliphatic rings. The summed E-state index contributed by atoms with van der Waals surface area (Å²) in [5.74, 6) is 0.611. The highest BCUT2D eigenvalue weighted by atomic mass is 14.9. The Hall–Kier alpha value is -1.41.